The minimum Gasteiger partial charge on any atom is -0.352 e. The molecule has 2 aliphatic rings. The van der Waals surface area contributed by atoms with Crippen LogP contribution in [0.15, 0.2) is 12.4 Å². The van der Waals surface area contributed by atoms with Crippen molar-refractivity contribution in [3.8, 4) is 0 Å². The molecule has 1 aliphatic carbocycles. The van der Waals surface area contributed by atoms with Crippen molar-refractivity contribution in [2.24, 2.45) is 5.92 Å². The van der Waals surface area contributed by atoms with E-state index in [0.717, 1.165) is 30.5 Å². The van der Waals surface area contributed by atoms with Crippen LogP contribution < -0.4 is 10.2 Å². The van der Waals surface area contributed by atoms with Crippen molar-refractivity contribution in [1.29, 1.82) is 0 Å². The van der Waals surface area contributed by atoms with E-state index in [-0.39, 0.29) is 5.54 Å². The van der Waals surface area contributed by atoms with Gasteiger partial charge in [0.2, 0.25) is 0 Å². The molecule has 3 rings (SSSR count). The van der Waals surface area contributed by atoms with Crippen LogP contribution >= 0.6 is 0 Å². The van der Waals surface area contributed by atoms with Crippen molar-refractivity contribution < 1.29 is 0 Å². The maximum atomic E-state index is 4.68. The highest BCUT2D eigenvalue weighted by atomic mass is 15.2. The number of hydrogen-bond acceptors (Lipinski definition) is 4. The molecule has 0 spiro atoms. The molecule has 1 saturated heterocycles. The second kappa shape index (κ2) is 5.91. The zero-order valence-electron chi connectivity index (χ0n) is 13.6. The minimum atomic E-state index is 0.116. The summed E-state index contributed by atoms with van der Waals surface area (Å²) in [5.41, 5.74) is 1.14. The van der Waals surface area contributed by atoms with E-state index in [9.17, 15) is 0 Å². The first-order chi connectivity index (χ1) is 10.0. The number of fused-ring (bicyclic) bond motifs is 1. The SMILES string of the molecule is CC(C)(C)NCc1cnc(N2CCC3CCCCC32)cn1. The molecule has 0 radical (unpaired) electrons. The first-order valence-electron chi connectivity index (χ1n) is 8.35. The van der Waals surface area contributed by atoms with Crippen LogP contribution in [0.4, 0.5) is 5.82 Å². The summed E-state index contributed by atoms with van der Waals surface area (Å²) < 4.78 is 0. The smallest absolute Gasteiger partial charge is 0.147 e. The van der Waals surface area contributed by atoms with E-state index in [0.29, 0.717) is 6.04 Å². The van der Waals surface area contributed by atoms with Crippen molar-refractivity contribution in [3.05, 3.63) is 18.1 Å². The van der Waals surface area contributed by atoms with E-state index in [2.05, 4.69) is 41.0 Å². The molecular formula is C17H28N4. The van der Waals surface area contributed by atoms with Gasteiger partial charge in [0.1, 0.15) is 5.82 Å². The van der Waals surface area contributed by atoms with E-state index >= 15 is 0 Å². The topological polar surface area (TPSA) is 41.1 Å². The van der Waals surface area contributed by atoms with Crippen LogP contribution in [0, 0.1) is 5.92 Å². The maximum Gasteiger partial charge on any atom is 0.147 e. The Bertz CT molecular complexity index is 463. The summed E-state index contributed by atoms with van der Waals surface area (Å²) in [7, 11) is 0. The molecule has 21 heavy (non-hydrogen) atoms. The predicted octanol–water partition coefficient (Wildman–Crippen LogP) is 3.13. The third-order valence-corrected chi connectivity index (χ3v) is 4.80. The Balaban J connectivity index is 1.64. The van der Waals surface area contributed by atoms with Gasteiger partial charge in [-0.1, -0.05) is 12.8 Å². The maximum absolute atomic E-state index is 4.68. The monoisotopic (exact) mass is 288 g/mol. The molecule has 1 N–H and O–H groups in total. The average Bonchev–Trinajstić information content (AvgIpc) is 2.89. The van der Waals surface area contributed by atoms with Crippen LogP contribution in [0.3, 0.4) is 0 Å². The van der Waals surface area contributed by atoms with Crippen LogP contribution in [-0.4, -0.2) is 28.1 Å². The first kappa shape index (κ1) is 14.8. The van der Waals surface area contributed by atoms with E-state index in [1.165, 1.54) is 32.1 Å². The lowest BCUT2D eigenvalue weighted by Crippen LogP contribution is -2.36. The fourth-order valence-corrected chi connectivity index (χ4v) is 3.63. The van der Waals surface area contributed by atoms with Crippen molar-refractivity contribution in [2.75, 3.05) is 11.4 Å². The Kier molecular flexibility index (Phi) is 4.16. The van der Waals surface area contributed by atoms with Crippen LogP contribution in [0.25, 0.3) is 0 Å². The van der Waals surface area contributed by atoms with Crippen molar-refractivity contribution in [3.63, 3.8) is 0 Å². The van der Waals surface area contributed by atoms with Gasteiger partial charge >= 0.3 is 0 Å². The average molecular weight is 288 g/mol. The molecule has 1 aliphatic heterocycles. The zero-order chi connectivity index (χ0) is 14.9. The summed E-state index contributed by atoms with van der Waals surface area (Å²) in [6.07, 6.45) is 10.8. The summed E-state index contributed by atoms with van der Waals surface area (Å²) in [6.45, 7) is 8.44. The van der Waals surface area contributed by atoms with Crippen LogP contribution in [0.5, 0.6) is 0 Å². The number of nitrogens with one attached hydrogen (secondary N) is 1. The molecule has 4 heteroatoms. The largest absolute Gasteiger partial charge is 0.352 e. The Morgan fingerprint density at radius 2 is 1.95 bits per heavy atom. The minimum absolute atomic E-state index is 0.116. The van der Waals surface area contributed by atoms with Gasteiger partial charge in [-0.05, 0) is 46.0 Å². The van der Waals surface area contributed by atoms with Gasteiger partial charge in [0.05, 0.1) is 18.1 Å². The fourth-order valence-electron chi connectivity index (χ4n) is 3.63. The number of anilines is 1. The Labute approximate surface area is 128 Å². The zero-order valence-corrected chi connectivity index (χ0v) is 13.6. The lowest BCUT2D eigenvalue weighted by molar-refractivity contribution is 0.341. The second-order valence-corrected chi connectivity index (χ2v) is 7.56. The molecule has 2 heterocycles. The van der Waals surface area contributed by atoms with Gasteiger partial charge in [-0.15, -0.1) is 0 Å². The van der Waals surface area contributed by atoms with Crippen LogP contribution in [0.2, 0.25) is 0 Å². The first-order valence-corrected chi connectivity index (χ1v) is 8.35. The number of nitrogens with zero attached hydrogens (tertiary/aromatic N) is 3. The third kappa shape index (κ3) is 3.54. The van der Waals surface area contributed by atoms with E-state index in [1.807, 2.05) is 12.4 Å². The molecule has 2 unspecified atom stereocenters. The lowest BCUT2D eigenvalue weighted by Gasteiger charge is -2.32. The van der Waals surface area contributed by atoms with E-state index < -0.39 is 0 Å². The summed E-state index contributed by atoms with van der Waals surface area (Å²) in [6, 6.07) is 0.714. The van der Waals surface area contributed by atoms with E-state index in [4.69, 9.17) is 0 Å². The van der Waals surface area contributed by atoms with Crippen molar-refractivity contribution in [1.82, 2.24) is 15.3 Å². The standard InChI is InChI=1S/C17H28N4/c1-17(2,3)20-11-14-10-19-16(12-18-14)21-9-8-13-6-4-5-7-15(13)21/h10,12-13,15,20H,4-9,11H2,1-3H3. The highest BCUT2D eigenvalue weighted by Gasteiger charge is 2.36. The third-order valence-electron chi connectivity index (χ3n) is 4.80. The van der Waals surface area contributed by atoms with Gasteiger partial charge in [0.15, 0.2) is 0 Å². The number of hydrogen-bond donors (Lipinski definition) is 1. The number of rotatable bonds is 3. The summed E-state index contributed by atoms with van der Waals surface area (Å²) in [5, 5.41) is 3.46. The molecule has 1 aromatic heterocycles. The van der Waals surface area contributed by atoms with Crippen molar-refractivity contribution >= 4 is 5.82 Å². The van der Waals surface area contributed by atoms with Crippen molar-refractivity contribution in [2.45, 2.75) is 71.0 Å². The fraction of sp³-hybridized carbons (Fsp3) is 0.765. The van der Waals surface area contributed by atoms with E-state index in [1.54, 1.807) is 0 Å². The highest BCUT2D eigenvalue weighted by Crippen LogP contribution is 2.37. The molecule has 0 amide bonds. The van der Waals surface area contributed by atoms with Gasteiger partial charge in [0.25, 0.3) is 0 Å². The number of aromatic nitrogens is 2. The lowest BCUT2D eigenvalue weighted by atomic mass is 9.85. The Hall–Kier alpha value is -1.16. The predicted molar refractivity (Wildman–Crippen MR) is 86.3 cm³/mol. The Morgan fingerprint density at radius 3 is 2.67 bits per heavy atom. The molecule has 0 aromatic carbocycles. The summed E-state index contributed by atoms with van der Waals surface area (Å²) in [5.74, 6) is 1.96. The van der Waals surface area contributed by atoms with Gasteiger partial charge < -0.3 is 10.2 Å². The van der Waals surface area contributed by atoms with Crippen LogP contribution in [0.1, 0.15) is 58.6 Å². The highest BCUT2D eigenvalue weighted by molar-refractivity contribution is 5.39. The molecule has 0 bridgehead atoms. The second-order valence-electron chi connectivity index (χ2n) is 7.56. The quantitative estimate of drug-likeness (QED) is 0.928. The normalized spacial score (nSPS) is 26.0. The molecule has 2 atom stereocenters. The molecular weight excluding hydrogens is 260 g/mol. The van der Waals surface area contributed by atoms with Gasteiger partial charge in [0, 0.05) is 24.7 Å². The van der Waals surface area contributed by atoms with Crippen LogP contribution in [-0.2, 0) is 6.54 Å². The molecule has 1 saturated carbocycles. The summed E-state index contributed by atoms with van der Waals surface area (Å²) >= 11 is 0. The van der Waals surface area contributed by atoms with Gasteiger partial charge in [-0.2, -0.15) is 0 Å². The van der Waals surface area contributed by atoms with Gasteiger partial charge in [-0.25, -0.2) is 4.98 Å². The Morgan fingerprint density at radius 1 is 1.14 bits per heavy atom. The summed E-state index contributed by atoms with van der Waals surface area (Å²) in [4.78, 5) is 11.8. The molecule has 1 aromatic rings. The molecule has 116 valence electrons. The van der Waals surface area contributed by atoms with Gasteiger partial charge in [-0.3, -0.25) is 4.98 Å². The molecule has 2 fully saturated rings. The molecule has 4 nitrogen and oxygen atoms in total.